The number of nitrogens with two attached hydrogens (primary N) is 1. The second-order valence-corrected chi connectivity index (χ2v) is 4.73. The van der Waals surface area contributed by atoms with Crippen molar-refractivity contribution >= 4 is 16.6 Å². The Bertz CT molecular complexity index is 781. The number of anilines is 1. The average Bonchev–Trinajstić information content (AvgIpc) is 2.47. The highest BCUT2D eigenvalue weighted by atomic mass is 16.5. The van der Waals surface area contributed by atoms with E-state index in [9.17, 15) is 0 Å². The van der Waals surface area contributed by atoms with Crippen LogP contribution in [-0.4, -0.2) is 12.1 Å². The molecule has 3 heteroatoms. The number of aromatic nitrogens is 1. The van der Waals surface area contributed by atoms with Crippen LogP contribution in [-0.2, 0) is 0 Å². The first-order chi connectivity index (χ1) is 9.70. The Labute approximate surface area is 118 Å². The Kier molecular flexibility index (Phi) is 3.03. The molecule has 3 aromatic rings. The highest BCUT2D eigenvalue weighted by Crippen LogP contribution is 2.35. The minimum atomic E-state index is 0.545. The van der Waals surface area contributed by atoms with Gasteiger partial charge in [-0.15, -0.1) is 0 Å². The Morgan fingerprint density at radius 2 is 1.60 bits per heavy atom. The molecule has 0 radical (unpaired) electrons. The van der Waals surface area contributed by atoms with Crippen molar-refractivity contribution < 1.29 is 4.74 Å². The van der Waals surface area contributed by atoms with E-state index in [-0.39, 0.29) is 0 Å². The van der Waals surface area contributed by atoms with Crippen molar-refractivity contribution in [1.29, 1.82) is 0 Å². The van der Waals surface area contributed by atoms with Crippen LogP contribution in [0.15, 0.2) is 48.5 Å². The first-order valence-corrected chi connectivity index (χ1v) is 6.50. The molecule has 0 unspecified atom stereocenters. The molecule has 0 aliphatic carbocycles. The van der Waals surface area contributed by atoms with Crippen LogP contribution in [0.3, 0.4) is 0 Å². The van der Waals surface area contributed by atoms with E-state index < -0.39 is 0 Å². The molecule has 0 aliphatic heterocycles. The largest absolute Gasteiger partial charge is 0.496 e. The quantitative estimate of drug-likeness (QED) is 0.765. The van der Waals surface area contributed by atoms with Gasteiger partial charge in [-0.25, -0.2) is 4.98 Å². The fourth-order valence-corrected chi connectivity index (χ4v) is 2.55. The summed E-state index contributed by atoms with van der Waals surface area (Å²) in [6.45, 7) is 1.98. The summed E-state index contributed by atoms with van der Waals surface area (Å²) in [5.74, 6) is 1.43. The van der Waals surface area contributed by atoms with Gasteiger partial charge in [-0.1, -0.05) is 24.3 Å². The lowest BCUT2D eigenvalue weighted by Crippen LogP contribution is -1.95. The summed E-state index contributed by atoms with van der Waals surface area (Å²) < 4.78 is 5.43. The molecule has 0 saturated carbocycles. The number of rotatable bonds is 2. The maximum atomic E-state index is 5.73. The number of ether oxygens (including phenoxy) is 1. The van der Waals surface area contributed by atoms with Crippen LogP contribution in [0.5, 0.6) is 5.75 Å². The molecule has 3 nitrogen and oxygen atoms in total. The highest BCUT2D eigenvalue weighted by Gasteiger charge is 2.10. The maximum Gasteiger partial charge on any atom is 0.126 e. The van der Waals surface area contributed by atoms with E-state index in [2.05, 4.69) is 23.2 Å². The van der Waals surface area contributed by atoms with Crippen LogP contribution < -0.4 is 10.5 Å². The summed E-state index contributed by atoms with van der Waals surface area (Å²) in [6.07, 6.45) is 0. The summed E-state index contributed by atoms with van der Waals surface area (Å²) >= 11 is 0. The van der Waals surface area contributed by atoms with Gasteiger partial charge >= 0.3 is 0 Å². The first-order valence-electron chi connectivity index (χ1n) is 6.50. The number of pyridine rings is 1. The maximum absolute atomic E-state index is 5.73. The van der Waals surface area contributed by atoms with Crippen molar-refractivity contribution in [3.8, 4) is 16.9 Å². The Morgan fingerprint density at radius 1 is 0.900 bits per heavy atom. The molecule has 0 saturated heterocycles. The number of hydrogen-bond donors (Lipinski definition) is 1. The number of benzene rings is 2. The minimum absolute atomic E-state index is 0.545. The molecule has 2 aromatic carbocycles. The van der Waals surface area contributed by atoms with E-state index in [0.29, 0.717) is 5.82 Å². The van der Waals surface area contributed by atoms with Gasteiger partial charge < -0.3 is 10.5 Å². The normalized spacial score (nSPS) is 10.7. The fourth-order valence-electron chi connectivity index (χ4n) is 2.55. The summed E-state index contributed by atoms with van der Waals surface area (Å²) in [5.41, 5.74) is 8.90. The standard InChI is InChI=1S/C17H16N2O/c1-11-12(8-10-17(18)19-11)14-7-9-16(20-2)15-6-4-3-5-13(14)15/h3-10H,1-2H3,(H2,18,19). The summed E-state index contributed by atoms with van der Waals surface area (Å²) in [7, 11) is 1.69. The molecule has 0 spiro atoms. The molecule has 0 aliphatic rings. The monoisotopic (exact) mass is 264 g/mol. The van der Waals surface area contributed by atoms with E-state index in [1.165, 1.54) is 0 Å². The fraction of sp³-hybridized carbons (Fsp3) is 0.118. The topological polar surface area (TPSA) is 48.1 Å². The van der Waals surface area contributed by atoms with Crippen LogP contribution in [0.1, 0.15) is 5.69 Å². The summed E-state index contributed by atoms with van der Waals surface area (Å²) in [4.78, 5) is 4.35. The van der Waals surface area contributed by atoms with Crippen molar-refractivity contribution in [2.24, 2.45) is 0 Å². The number of methoxy groups -OCH3 is 1. The predicted octanol–water partition coefficient (Wildman–Crippen LogP) is 3.80. The number of aryl methyl sites for hydroxylation is 1. The van der Waals surface area contributed by atoms with Gasteiger partial charge in [0.1, 0.15) is 11.6 Å². The van der Waals surface area contributed by atoms with E-state index in [4.69, 9.17) is 10.5 Å². The van der Waals surface area contributed by atoms with Gasteiger partial charge in [0.15, 0.2) is 0 Å². The van der Waals surface area contributed by atoms with Crippen LogP contribution in [0.4, 0.5) is 5.82 Å². The van der Waals surface area contributed by atoms with Crippen LogP contribution in [0.25, 0.3) is 21.9 Å². The van der Waals surface area contributed by atoms with E-state index in [0.717, 1.165) is 33.3 Å². The first kappa shape index (κ1) is 12.5. The third-order valence-electron chi connectivity index (χ3n) is 3.50. The molecule has 3 rings (SSSR count). The zero-order valence-electron chi connectivity index (χ0n) is 11.6. The lowest BCUT2D eigenvalue weighted by Gasteiger charge is -2.12. The molecule has 0 atom stereocenters. The molecule has 0 amide bonds. The third-order valence-corrected chi connectivity index (χ3v) is 3.50. The summed E-state index contributed by atoms with van der Waals surface area (Å²) in [6, 6.07) is 16.1. The molecular formula is C17H16N2O. The molecule has 1 heterocycles. The van der Waals surface area contributed by atoms with Crippen molar-refractivity contribution in [3.05, 3.63) is 54.2 Å². The van der Waals surface area contributed by atoms with Crippen molar-refractivity contribution in [3.63, 3.8) is 0 Å². The predicted molar refractivity (Wildman–Crippen MR) is 82.9 cm³/mol. The Hall–Kier alpha value is -2.55. The second kappa shape index (κ2) is 4.85. The number of nitrogens with zero attached hydrogens (tertiary/aromatic N) is 1. The van der Waals surface area contributed by atoms with E-state index >= 15 is 0 Å². The molecular weight excluding hydrogens is 248 g/mol. The molecule has 1 aromatic heterocycles. The lowest BCUT2D eigenvalue weighted by atomic mass is 9.97. The van der Waals surface area contributed by atoms with Crippen LogP contribution in [0.2, 0.25) is 0 Å². The number of hydrogen-bond acceptors (Lipinski definition) is 3. The summed E-state index contributed by atoms with van der Waals surface area (Å²) in [5, 5.41) is 2.25. The third kappa shape index (κ3) is 1.97. The Balaban J connectivity index is 2.32. The van der Waals surface area contributed by atoms with E-state index in [1.807, 2.05) is 37.3 Å². The zero-order valence-corrected chi connectivity index (χ0v) is 11.6. The average molecular weight is 264 g/mol. The Morgan fingerprint density at radius 3 is 2.30 bits per heavy atom. The van der Waals surface area contributed by atoms with Crippen LogP contribution in [0, 0.1) is 6.92 Å². The smallest absolute Gasteiger partial charge is 0.126 e. The molecule has 2 N–H and O–H groups in total. The van der Waals surface area contributed by atoms with Gasteiger partial charge in [0.05, 0.1) is 7.11 Å². The second-order valence-electron chi connectivity index (χ2n) is 4.73. The van der Waals surface area contributed by atoms with Gasteiger partial charge in [0, 0.05) is 16.6 Å². The van der Waals surface area contributed by atoms with Crippen molar-refractivity contribution in [2.45, 2.75) is 6.92 Å². The van der Waals surface area contributed by atoms with Gasteiger partial charge in [-0.05, 0) is 42.1 Å². The van der Waals surface area contributed by atoms with Gasteiger partial charge in [-0.3, -0.25) is 0 Å². The van der Waals surface area contributed by atoms with Crippen LogP contribution >= 0.6 is 0 Å². The highest BCUT2D eigenvalue weighted by molar-refractivity contribution is 6.00. The molecule has 20 heavy (non-hydrogen) atoms. The van der Waals surface area contributed by atoms with Gasteiger partial charge in [0.25, 0.3) is 0 Å². The minimum Gasteiger partial charge on any atom is -0.496 e. The number of nitrogen functional groups attached to an aromatic ring is 1. The zero-order chi connectivity index (χ0) is 14.1. The lowest BCUT2D eigenvalue weighted by molar-refractivity contribution is 0.420. The molecule has 0 bridgehead atoms. The van der Waals surface area contributed by atoms with Crippen molar-refractivity contribution in [1.82, 2.24) is 4.98 Å². The SMILES string of the molecule is COc1ccc(-c2ccc(N)nc2C)c2ccccc12. The molecule has 0 fully saturated rings. The number of fused-ring (bicyclic) bond motifs is 1. The van der Waals surface area contributed by atoms with E-state index in [1.54, 1.807) is 7.11 Å². The molecule has 100 valence electrons. The van der Waals surface area contributed by atoms with Crippen molar-refractivity contribution in [2.75, 3.05) is 12.8 Å². The van der Waals surface area contributed by atoms with Gasteiger partial charge in [0.2, 0.25) is 0 Å². The van der Waals surface area contributed by atoms with Gasteiger partial charge in [-0.2, -0.15) is 0 Å².